The zero-order valence-corrected chi connectivity index (χ0v) is 19.8. The van der Waals surface area contributed by atoms with Crippen molar-refractivity contribution in [3.8, 4) is 10.4 Å². The molecule has 2 aromatic heterocycles. The number of thiazole rings is 1. The van der Waals surface area contributed by atoms with E-state index in [0.29, 0.717) is 22.7 Å². The average Bonchev–Trinajstić information content (AvgIpc) is 3.19. The van der Waals surface area contributed by atoms with Crippen LogP contribution in [0.15, 0.2) is 48.7 Å². The maximum Gasteiger partial charge on any atom is 0.274 e. The van der Waals surface area contributed by atoms with Gasteiger partial charge in [0.2, 0.25) is 0 Å². The number of anilines is 1. The van der Waals surface area contributed by atoms with Gasteiger partial charge < -0.3 is 10.2 Å². The van der Waals surface area contributed by atoms with Crippen LogP contribution < -0.4 is 5.32 Å². The monoisotopic (exact) mass is 466 g/mol. The molecule has 5 nitrogen and oxygen atoms in total. The van der Waals surface area contributed by atoms with Crippen LogP contribution in [0.2, 0.25) is 5.02 Å². The number of aryl methyl sites for hydroxylation is 1. The van der Waals surface area contributed by atoms with E-state index in [9.17, 15) is 4.79 Å². The fourth-order valence-corrected chi connectivity index (χ4v) is 6.06. The Morgan fingerprint density at radius 1 is 1.22 bits per heavy atom. The number of pyridine rings is 1. The van der Waals surface area contributed by atoms with Gasteiger partial charge in [-0.05, 0) is 55.7 Å². The van der Waals surface area contributed by atoms with Crippen LogP contribution in [0, 0.1) is 12.3 Å². The van der Waals surface area contributed by atoms with Crippen LogP contribution in [0.1, 0.15) is 47.6 Å². The highest BCUT2D eigenvalue weighted by Gasteiger charge is 2.45. The summed E-state index contributed by atoms with van der Waals surface area (Å²) in [6.07, 6.45) is 7.61. The molecule has 5 rings (SSSR count). The summed E-state index contributed by atoms with van der Waals surface area (Å²) in [7, 11) is 0. The Labute approximate surface area is 197 Å². The lowest BCUT2D eigenvalue weighted by molar-refractivity contribution is 0.00307. The lowest BCUT2D eigenvalue weighted by Crippen LogP contribution is -2.54. The predicted octanol–water partition coefficient (Wildman–Crippen LogP) is 6.05. The molecule has 1 N–H and O–H groups in total. The van der Waals surface area contributed by atoms with Gasteiger partial charge in [0.1, 0.15) is 11.5 Å². The fourth-order valence-electron chi connectivity index (χ4n) is 5.03. The minimum absolute atomic E-state index is 0.0400. The van der Waals surface area contributed by atoms with Crippen LogP contribution in [0.3, 0.4) is 0 Å². The van der Waals surface area contributed by atoms with E-state index in [2.05, 4.69) is 27.4 Å². The van der Waals surface area contributed by atoms with E-state index in [1.165, 1.54) is 19.3 Å². The summed E-state index contributed by atoms with van der Waals surface area (Å²) in [6.45, 7) is 3.43. The summed E-state index contributed by atoms with van der Waals surface area (Å²) < 4.78 is 0. The van der Waals surface area contributed by atoms with Crippen molar-refractivity contribution < 1.29 is 4.79 Å². The van der Waals surface area contributed by atoms with Gasteiger partial charge in [-0.15, -0.1) is 11.3 Å². The highest BCUT2D eigenvalue weighted by Crippen LogP contribution is 2.51. The third-order valence-electron chi connectivity index (χ3n) is 6.89. The normalized spacial score (nSPS) is 19.6. The van der Waals surface area contributed by atoms with Crippen LogP contribution in [0.4, 0.5) is 5.82 Å². The SMILES string of the molecule is Cc1nc(C(=O)N2CCC3(CCC3)CC2CNc2ccc(Cl)cn2)c(-c2ccccc2)s1. The van der Waals surface area contributed by atoms with Gasteiger partial charge in [-0.2, -0.15) is 0 Å². The number of halogens is 1. The van der Waals surface area contributed by atoms with E-state index in [0.717, 1.165) is 40.7 Å². The quantitative estimate of drug-likeness (QED) is 0.497. The van der Waals surface area contributed by atoms with Crippen LogP contribution >= 0.6 is 22.9 Å². The van der Waals surface area contributed by atoms with E-state index in [1.807, 2.05) is 42.2 Å². The molecule has 3 heterocycles. The Hall–Kier alpha value is -2.44. The number of carbonyl (C=O) groups excluding carboxylic acids is 1. The molecule has 0 radical (unpaired) electrons. The van der Waals surface area contributed by atoms with Crippen molar-refractivity contribution in [1.82, 2.24) is 14.9 Å². The van der Waals surface area contributed by atoms with Gasteiger partial charge in [-0.25, -0.2) is 9.97 Å². The number of carbonyl (C=O) groups is 1. The molecule has 1 unspecified atom stereocenters. The second-order valence-electron chi connectivity index (χ2n) is 8.98. The van der Waals surface area contributed by atoms with E-state index >= 15 is 0 Å². The van der Waals surface area contributed by atoms with Crippen molar-refractivity contribution in [1.29, 1.82) is 0 Å². The summed E-state index contributed by atoms with van der Waals surface area (Å²) in [4.78, 5) is 25.8. The Balaban J connectivity index is 1.40. The number of likely N-dealkylation sites (tertiary alicyclic amines) is 1. The van der Waals surface area contributed by atoms with Gasteiger partial charge in [-0.1, -0.05) is 48.4 Å². The molecule has 166 valence electrons. The summed E-state index contributed by atoms with van der Waals surface area (Å²) in [5, 5.41) is 4.97. The summed E-state index contributed by atoms with van der Waals surface area (Å²) in [6, 6.07) is 13.9. The Morgan fingerprint density at radius 2 is 2.03 bits per heavy atom. The molecule has 1 spiro atoms. The molecule has 1 saturated carbocycles. The highest BCUT2D eigenvalue weighted by atomic mass is 35.5. The second kappa shape index (κ2) is 8.83. The van der Waals surface area contributed by atoms with E-state index < -0.39 is 0 Å². The van der Waals surface area contributed by atoms with E-state index in [4.69, 9.17) is 11.6 Å². The number of rotatable bonds is 5. The fraction of sp³-hybridized carbons (Fsp3) is 0.400. The van der Waals surface area contributed by atoms with Gasteiger partial charge in [-0.3, -0.25) is 4.79 Å². The molecular weight excluding hydrogens is 440 g/mol. The van der Waals surface area contributed by atoms with Crippen molar-refractivity contribution in [2.45, 2.75) is 45.1 Å². The number of amides is 1. The van der Waals surface area contributed by atoms with E-state index in [-0.39, 0.29) is 11.9 Å². The number of hydrogen-bond donors (Lipinski definition) is 1. The first-order valence-electron chi connectivity index (χ1n) is 11.2. The molecule has 1 aliphatic heterocycles. The first-order valence-corrected chi connectivity index (χ1v) is 12.4. The third-order valence-corrected chi connectivity index (χ3v) is 8.13. The molecule has 32 heavy (non-hydrogen) atoms. The molecule has 3 aromatic rings. The summed E-state index contributed by atoms with van der Waals surface area (Å²) in [5.74, 6) is 0.822. The van der Waals surface area contributed by atoms with Crippen LogP contribution in [-0.2, 0) is 0 Å². The molecule has 1 aliphatic carbocycles. The number of aromatic nitrogens is 2. The highest BCUT2D eigenvalue weighted by molar-refractivity contribution is 7.15. The maximum atomic E-state index is 13.8. The molecule has 0 bridgehead atoms. The van der Waals surface area contributed by atoms with Crippen LogP contribution in [-0.4, -0.2) is 39.9 Å². The van der Waals surface area contributed by atoms with Crippen molar-refractivity contribution in [2.75, 3.05) is 18.4 Å². The molecular formula is C25H27ClN4OS. The minimum atomic E-state index is 0.0400. The number of hydrogen-bond acceptors (Lipinski definition) is 5. The molecule has 1 aromatic carbocycles. The molecule has 2 fully saturated rings. The zero-order valence-electron chi connectivity index (χ0n) is 18.2. The predicted molar refractivity (Wildman–Crippen MR) is 130 cm³/mol. The smallest absolute Gasteiger partial charge is 0.274 e. The number of nitrogens with zero attached hydrogens (tertiary/aromatic N) is 3. The molecule has 1 atom stereocenters. The summed E-state index contributed by atoms with van der Waals surface area (Å²) >= 11 is 7.57. The van der Waals surface area contributed by atoms with Crippen molar-refractivity contribution in [3.05, 3.63) is 64.4 Å². The summed E-state index contributed by atoms with van der Waals surface area (Å²) in [5.41, 5.74) is 2.03. The maximum absolute atomic E-state index is 13.8. The van der Waals surface area contributed by atoms with E-state index in [1.54, 1.807) is 17.5 Å². The standard InChI is InChI=1S/C25H27ClN4OS/c1-17-29-22(23(32-17)18-6-3-2-4-7-18)24(31)30-13-12-25(10-5-11-25)14-20(30)16-28-21-9-8-19(26)15-27-21/h2-4,6-9,15,20H,5,10-14,16H2,1H3,(H,27,28). The van der Waals surface area contributed by atoms with Crippen molar-refractivity contribution >= 4 is 34.7 Å². The second-order valence-corrected chi connectivity index (χ2v) is 10.6. The molecule has 7 heteroatoms. The number of nitrogens with one attached hydrogen (secondary N) is 1. The molecule has 1 amide bonds. The van der Waals surface area contributed by atoms with Gasteiger partial charge >= 0.3 is 0 Å². The number of benzene rings is 1. The number of piperidine rings is 1. The van der Waals surface area contributed by atoms with Crippen LogP contribution in [0.25, 0.3) is 10.4 Å². The molecule has 1 saturated heterocycles. The van der Waals surface area contributed by atoms with Crippen LogP contribution in [0.5, 0.6) is 0 Å². The lowest BCUT2D eigenvalue weighted by atomic mass is 9.61. The van der Waals surface area contributed by atoms with Gasteiger partial charge in [0.05, 0.1) is 14.9 Å². The molecule has 2 aliphatic rings. The Bertz CT molecular complexity index is 1090. The minimum Gasteiger partial charge on any atom is -0.368 e. The largest absolute Gasteiger partial charge is 0.368 e. The third kappa shape index (κ3) is 4.26. The Morgan fingerprint density at radius 3 is 2.72 bits per heavy atom. The Kier molecular flexibility index (Phi) is 5.91. The average molecular weight is 467 g/mol. The first kappa shape index (κ1) is 21.4. The van der Waals surface area contributed by atoms with Crippen molar-refractivity contribution in [3.63, 3.8) is 0 Å². The van der Waals surface area contributed by atoms with Gasteiger partial charge in [0, 0.05) is 25.3 Å². The zero-order chi connectivity index (χ0) is 22.1. The van der Waals surface area contributed by atoms with Crippen molar-refractivity contribution in [2.24, 2.45) is 5.41 Å². The topological polar surface area (TPSA) is 58.1 Å². The first-order chi connectivity index (χ1) is 15.5. The van der Waals surface area contributed by atoms with Gasteiger partial charge in [0.15, 0.2) is 0 Å². The lowest BCUT2D eigenvalue weighted by Gasteiger charge is -2.51. The van der Waals surface area contributed by atoms with Gasteiger partial charge in [0.25, 0.3) is 5.91 Å².